The minimum Gasteiger partial charge on any atom is -0.507 e. The predicted molar refractivity (Wildman–Crippen MR) is 118 cm³/mol. The van der Waals surface area contributed by atoms with Crippen molar-refractivity contribution in [3.05, 3.63) is 74.3 Å². The number of nitrogens with zero attached hydrogens (tertiary/aromatic N) is 1. The van der Waals surface area contributed by atoms with E-state index in [0.29, 0.717) is 32.9 Å². The molecule has 0 radical (unpaired) electrons. The molecule has 4 aromatic rings. The van der Waals surface area contributed by atoms with Gasteiger partial charge >= 0.3 is 0 Å². The molecular formula is C21H14ClIN2O3. The number of benzene rings is 3. The number of aromatic hydroxyl groups is 1. The van der Waals surface area contributed by atoms with Gasteiger partial charge in [0.05, 0.1) is 16.1 Å². The van der Waals surface area contributed by atoms with Crippen molar-refractivity contribution in [2.75, 3.05) is 5.32 Å². The summed E-state index contributed by atoms with van der Waals surface area (Å²) in [6.07, 6.45) is 0. The molecule has 0 atom stereocenters. The highest BCUT2D eigenvalue weighted by Crippen LogP contribution is 2.33. The van der Waals surface area contributed by atoms with Crippen LogP contribution >= 0.6 is 34.2 Å². The SMILES string of the molecule is Cc1ccc2oc(-c3cc(NC(=O)c4cc(I)ccc4Cl)ccc3O)nc2c1. The van der Waals surface area contributed by atoms with E-state index in [2.05, 4.69) is 32.9 Å². The van der Waals surface area contributed by atoms with Gasteiger partial charge in [0.25, 0.3) is 5.91 Å². The highest BCUT2D eigenvalue weighted by atomic mass is 127. The highest BCUT2D eigenvalue weighted by Gasteiger charge is 2.16. The standard InChI is InChI=1S/C21H14ClIN2O3/c1-11-2-7-19-17(8-11)25-21(28-19)15-10-13(4-6-18(15)26)24-20(27)14-9-12(23)3-5-16(14)22/h2-10,26H,1H3,(H,24,27). The molecule has 5 nitrogen and oxygen atoms in total. The van der Waals surface area contributed by atoms with Crippen molar-refractivity contribution in [3.63, 3.8) is 0 Å². The zero-order valence-corrected chi connectivity index (χ0v) is 17.6. The molecule has 3 aromatic carbocycles. The van der Waals surface area contributed by atoms with Gasteiger partial charge in [0.15, 0.2) is 5.58 Å². The maximum Gasteiger partial charge on any atom is 0.257 e. The van der Waals surface area contributed by atoms with Gasteiger partial charge in [-0.05, 0) is 83.6 Å². The third-order valence-corrected chi connectivity index (χ3v) is 5.20. The summed E-state index contributed by atoms with van der Waals surface area (Å²) in [5.41, 5.74) is 3.65. The van der Waals surface area contributed by atoms with Gasteiger partial charge in [-0.15, -0.1) is 0 Å². The number of fused-ring (bicyclic) bond motifs is 1. The van der Waals surface area contributed by atoms with Crippen molar-refractivity contribution >= 4 is 56.9 Å². The molecule has 1 amide bonds. The molecular weight excluding hydrogens is 491 g/mol. The average molecular weight is 505 g/mol. The second-order valence-corrected chi connectivity index (χ2v) is 7.95. The molecule has 0 saturated carbocycles. The molecule has 140 valence electrons. The third kappa shape index (κ3) is 3.70. The van der Waals surface area contributed by atoms with E-state index in [-0.39, 0.29) is 17.5 Å². The van der Waals surface area contributed by atoms with Crippen molar-refractivity contribution in [3.8, 4) is 17.2 Å². The maximum absolute atomic E-state index is 12.6. The number of nitrogens with one attached hydrogen (secondary N) is 1. The number of hydrogen-bond donors (Lipinski definition) is 2. The molecule has 0 unspecified atom stereocenters. The van der Waals surface area contributed by atoms with E-state index in [1.807, 2.05) is 31.2 Å². The number of aryl methyl sites for hydroxylation is 1. The first-order chi connectivity index (χ1) is 13.4. The highest BCUT2D eigenvalue weighted by molar-refractivity contribution is 14.1. The summed E-state index contributed by atoms with van der Waals surface area (Å²) in [5.74, 6) is -0.0524. The summed E-state index contributed by atoms with van der Waals surface area (Å²) in [4.78, 5) is 17.0. The van der Waals surface area contributed by atoms with Crippen LogP contribution < -0.4 is 5.32 Å². The Morgan fingerprint density at radius 3 is 2.79 bits per heavy atom. The zero-order chi connectivity index (χ0) is 19.8. The number of carbonyl (C=O) groups is 1. The van der Waals surface area contributed by atoms with Gasteiger partial charge in [-0.25, -0.2) is 4.98 Å². The van der Waals surface area contributed by atoms with Crippen molar-refractivity contribution < 1.29 is 14.3 Å². The van der Waals surface area contributed by atoms with Crippen LogP contribution in [-0.2, 0) is 0 Å². The van der Waals surface area contributed by atoms with E-state index in [9.17, 15) is 9.90 Å². The van der Waals surface area contributed by atoms with Crippen LogP contribution in [0.4, 0.5) is 5.69 Å². The average Bonchev–Trinajstić information content (AvgIpc) is 3.08. The summed E-state index contributed by atoms with van der Waals surface area (Å²) in [7, 11) is 0. The smallest absolute Gasteiger partial charge is 0.257 e. The predicted octanol–water partition coefficient (Wildman–Crippen LogP) is 6.02. The Bertz CT molecular complexity index is 1220. The molecule has 0 saturated heterocycles. The molecule has 0 spiro atoms. The van der Waals surface area contributed by atoms with Crippen LogP contribution in [-0.4, -0.2) is 16.0 Å². The maximum atomic E-state index is 12.6. The number of phenolic OH excluding ortho intramolecular Hbond substituents is 1. The van der Waals surface area contributed by atoms with Gasteiger partial charge in [0.1, 0.15) is 11.3 Å². The monoisotopic (exact) mass is 504 g/mol. The van der Waals surface area contributed by atoms with E-state index in [1.165, 1.54) is 6.07 Å². The Morgan fingerprint density at radius 2 is 1.96 bits per heavy atom. The van der Waals surface area contributed by atoms with E-state index >= 15 is 0 Å². The first kappa shape index (κ1) is 18.8. The minimum atomic E-state index is -0.339. The minimum absolute atomic E-state index is 0.00793. The molecule has 1 aromatic heterocycles. The van der Waals surface area contributed by atoms with Gasteiger partial charge in [-0.2, -0.15) is 0 Å². The van der Waals surface area contributed by atoms with E-state index < -0.39 is 0 Å². The Hall–Kier alpha value is -2.58. The van der Waals surface area contributed by atoms with Gasteiger partial charge in [0, 0.05) is 9.26 Å². The number of oxazole rings is 1. The van der Waals surface area contributed by atoms with Crippen LogP contribution in [0.3, 0.4) is 0 Å². The molecule has 1 heterocycles. The van der Waals surface area contributed by atoms with Crippen LogP contribution in [0.15, 0.2) is 59.0 Å². The molecule has 4 rings (SSSR count). The lowest BCUT2D eigenvalue weighted by Crippen LogP contribution is -2.12. The second kappa shape index (κ2) is 7.44. The van der Waals surface area contributed by atoms with Crippen LogP contribution in [0, 0.1) is 10.5 Å². The number of rotatable bonds is 3. The Balaban J connectivity index is 1.68. The van der Waals surface area contributed by atoms with E-state index in [1.54, 1.807) is 24.3 Å². The van der Waals surface area contributed by atoms with E-state index in [0.717, 1.165) is 9.13 Å². The lowest BCUT2D eigenvalue weighted by atomic mass is 10.1. The number of aromatic nitrogens is 1. The van der Waals surface area contributed by atoms with Crippen LogP contribution in [0.2, 0.25) is 5.02 Å². The largest absolute Gasteiger partial charge is 0.507 e. The zero-order valence-electron chi connectivity index (χ0n) is 14.7. The first-order valence-corrected chi connectivity index (χ1v) is 9.83. The fraction of sp³-hybridized carbons (Fsp3) is 0.0476. The normalized spacial score (nSPS) is 11.0. The third-order valence-electron chi connectivity index (χ3n) is 4.20. The van der Waals surface area contributed by atoms with Gasteiger partial charge in [-0.1, -0.05) is 17.7 Å². The quantitative estimate of drug-likeness (QED) is 0.264. The molecule has 2 N–H and O–H groups in total. The molecule has 28 heavy (non-hydrogen) atoms. The summed E-state index contributed by atoms with van der Waals surface area (Å²) in [6, 6.07) is 15.6. The summed E-state index contributed by atoms with van der Waals surface area (Å²) >= 11 is 8.26. The van der Waals surface area contributed by atoms with Gasteiger partial charge in [-0.3, -0.25) is 4.79 Å². The number of amides is 1. The lowest BCUT2D eigenvalue weighted by Gasteiger charge is -2.09. The van der Waals surface area contributed by atoms with E-state index in [4.69, 9.17) is 16.0 Å². The van der Waals surface area contributed by atoms with Crippen LogP contribution in [0.25, 0.3) is 22.6 Å². The fourth-order valence-corrected chi connectivity index (χ4v) is 3.50. The molecule has 0 fully saturated rings. The first-order valence-electron chi connectivity index (χ1n) is 8.38. The molecule has 0 aliphatic carbocycles. The molecule has 0 bridgehead atoms. The van der Waals surface area contributed by atoms with Crippen molar-refractivity contribution in [1.29, 1.82) is 0 Å². The van der Waals surface area contributed by atoms with Gasteiger partial charge in [0.2, 0.25) is 5.89 Å². The fourth-order valence-electron chi connectivity index (χ4n) is 2.81. The summed E-state index contributed by atoms with van der Waals surface area (Å²) < 4.78 is 6.67. The van der Waals surface area contributed by atoms with Gasteiger partial charge < -0.3 is 14.8 Å². The number of anilines is 1. The molecule has 7 heteroatoms. The lowest BCUT2D eigenvalue weighted by molar-refractivity contribution is 0.102. The molecule has 0 aliphatic heterocycles. The number of halogens is 2. The van der Waals surface area contributed by atoms with Crippen molar-refractivity contribution in [2.24, 2.45) is 0 Å². The number of carbonyl (C=O) groups excluding carboxylic acids is 1. The summed E-state index contributed by atoms with van der Waals surface area (Å²) in [5, 5.41) is 13.4. The van der Waals surface area contributed by atoms with Crippen LogP contribution in [0.5, 0.6) is 5.75 Å². The number of hydrogen-bond acceptors (Lipinski definition) is 4. The Morgan fingerprint density at radius 1 is 1.14 bits per heavy atom. The van der Waals surface area contributed by atoms with Crippen molar-refractivity contribution in [2.45, 2.75) is 6.92 Å². The molecule has 0 aliphatic rings. The summed E-state index contributed by atoms with van der Waals surface area (Å²) in [6.45, 7) is 1.97. The van der Waals surface area contributed by atoms with Crippen LogP contribution in [0.1, 0.15) is 15.9 Å². The second-order valence-electron chi connectivity index (χ2n) is 6.30. The topological polar surface area (TPSA) is 75.4 Å². The Labute approximate surface area is 179 Å². The van der Waals surface area contributed by atoms with Crippen molar-refractivity contribution in [1.82, 2.24) is 4.98 Å². The Kier molecular flexibility index (Phi) is 4.99. The number of phenols is 1.